The number of rotatable bonds is 5. The monoisotopic (exact) mass is 294 g/mol. The second kappa shape index (κ2) is 6.13. The number of hydrogen-bond acceptors (Lipinski definition) is 3. The first kappa shape index (κ1) is 13.9. The molecule has 2 aromatic carbocycles. The lowest BCUT2D eigenvalue weighted by Crippen LogP contribution is -2.04. The molecule has 0 bridgehead atoms. The van der Waals surface area contributed by atoms with Crippen LogP contribution in [-0.4, -0.2) is 21.0 Å². The van der Waals surface area contributed by atoms with Gasteiger partial charge in [-0.3, -0.25) is 0 Å². The van der Waals surface area contributed by atoms with E-state index < -0.39 is 5.97 Å². The third-order valence-electron chi connectivity index (χ3n) is 3.22. The first-order valence-corrected chi connectivity index (χ1v) is 6.78. The van der Waals surface area contributed by atoms with Gasteiger partial charge in [0.1, 0.15) is 23.7 Å². The maximum absolute atomic E-state index is 11.4. The number of carboxylic acids is 1. The van der Waals surface area contributed by atoms with Crippen molar-refractivity contribution in [3.8, 4) is 17.1 Å². The normalized spacial score (nSPS) is 10.4. The molecule has 1 aromatic heterocycles. The number of aromatic amines is 1. The molecule has 5 heteroatoms. The first-order chi connectivity index (χ1) is 10.7. The van der Waals surface area contributed by atoms with Crippen LogP contribution < -0.4 is 4.74 Å². The summed E-state index contributed by atoms with van der Waals surface area (Å²) in [5.74, 6) is -0.0692. The Morgan fingerprint density at radius 1 is 1.18 bits per heavy atom. The number of aromatic nitrogens is 2. The number of H-pyrrole nitrogens is 1. The molecule has 0 amide bonds. The second-order valence-electron chi connectivity index (χ2n) is 4.73. The molecule has 22 heavy (non-hydrogen) atoms. The molecule has 0 radical (unpaired) electrons. The van der Waals surface area contributed by atoms with E-state index in [-0.39, 0.29) is 5.56 Å². The van der Waals surface area contributed by atoms with Gasteiger partial charge in [0.05, 0.1) is 0 Å². The zero-order valence-electron chi connectivity index (χ0n) is 11.7. The van der Waals surface area contributed by atoms with Crippen molar-refractivity contribution >= 4 is 5.97 Å². The minimum absolute atomic E-state index is 0.116. The Hall–Kier alpha value is -3.08. The predicted molar refractivity (Wildman–Crippen MR) is 81.8 cm³/mol. The van der Waals surface area contributed by atoms with E-state index in [0.717, 1.165) is 5.56 Å². The van der Waals surface area contributed by atoms with E-state index in [0.29, 0.717) is 23.7 Å². The number of benzene rings is 2. The van der Waals surface area contributed by atoms with Gasteiger partial charge in [0.2, 0.25) is 0 Å². The van der Waals surface area contributed by atoms with Crippen molar-refractivity contribution < 1.29 is 14.6 Å². The molecule has 0 aliphatic heterocycles. The zero-order chi connectivity index (χ0) is 15.4. The maximum Gasteiger partial charge on any atom is 0.339 e. The molecule has 0 fully saturated rings. The number of imidazole rings is 1. The van der Waals surface area contributed by atoms with Crippen LogP contribution in [0.1, 0.15) is 15.9 Å². The Morgan fingerprint density at radius 3 is 2.68 bits per heavy atom. The molecule has 0 atom stereocenters. The minimum Gasteiger partial charge on any atom is -0.488 e. The summed E-state index contributed by atoms with van der Waals surface area (Å²) in [4.78, 5) is 18.5. The summed E-state index contributed by atoms with van der Waals surface area (Å²) in [6, 6.07) is 14.6. The van der Waals surface area contributed by atoms with E-state index in [1.54, 1.807) is 30.6 Å². The second-order valence-corrected chi connectivity index (χ2v) is 4.73. The van der Waals surface area contributed by atoms with Gasteiger partial charge in [-0.15, -0.1) is 0 Å². The SMILES string of the molecule is O=C(O)c1cc(-c2ncc[nH]2)ccc1OCc1ccccc1. The van der Waals surface area contributed by atoms with Crippen molar-refractivity contribution in [3.63, 3.8) is 0 Å². The molecule has 0 saturated heterocycles. The lowest BCUT2D eigenvalue weighted by atomic mass is 10.1. The van der Waals surface area contributed by atoms with E-state index >= 15 is 0 Å². The number of carboxylic acid groups (broad SMARTS) is 1. The van der Waals surface area contributed by atoms with E-state index in [1.807, 2.05) is 30.3 Å². The lowest BCUT2D eigenvalue weighted by Gasteiger charge is -2.10. The number of ether oxygens (including phenoxy) is 1. The van der Waals surface area contributed by atoms with Crippen LogP contribution in [-0.2, 0) is 6.61 Å². The third kappa shape index (κ3) is 2.98. The third-order valence-corrected chi connectivity index (χ3v) is 3.22. The molecule has 3 aromatic rings. The zero-order valence-corrected chi connectivity index (χ0v) is 11.7. The quantitative estimate of drug-likeness (QED) is 0.756. The molecule has 110 valence electrons. The highest BCUT2D eigenvalue weighted by Gasteiger charge is 2.14. The molecular formula is C17H14N2O3. The van der Waals surface area contributed by atoms with Crippen molar-refractivity contribution in [2.75, 3.05) is 0 Å². The van der Waals surface area contributed by atoms with E-state index in [4.69, 9.17) is 4.74 Å². The smallest absolute Gasteiger partial charge is 0.339 e. The van der Waals surface area contributed by atoms with Crippen LogP contribution in [0.5, 0.6) is 5.75 Å². The van der Waals surface area contributed by atoms with Gasteiger partial charge in [-0.2, -0.15) is 0 Å². The number of hydrogen-bond donors (Lipinski definition) is 2. The standard InChI is InChI=1S/C17H14N2O3/c20-17(21)14-10-13(16-18-8-9-19-16)6-7-15(14)22-11-12-4-2-1-3-5-12/h1-10H,11H2,(H,18,19)(H,20,21). The first-order valence-electron chi connectivity index (χ1n) is 6.78. The van der Waals surface area contributed by atoms with Crippen molar-refractivity contribution in [1.29, 1.82) is 0 Å². The molecule has 0 aliphatic rings. The molecular weight excluding hydrogens is 280 g/mol. The van der Waals surface area contributed by atoms with Crippen molar-refractivity contribution in [2.45, 2.75) is 6.61 Å². The van der Waals surface area contributed by atoms with Gasteiger partial charge < -0.3 is 14.8 Å². The molecule has 1 heterocycles. The predicted octanol–water partition coefficient (Wildman–Crippen LogP) is 3.35. The summed E-state index contributed by atoms with van der Waals surface area (Å²) in [6.45, 7) is 0.321. The summed E-state index contributed by atoms with van der Waals surface area (Å²) in [5, 5.41) is 9.37. The summed E-state index contributed by atoms with van der Waals surface area (Å²) in [5.41, 5.74) is 1.80. The topological polar surface area (TPSA) is 75.2 Å². The van der Waals surface area contributed by atoms with Gasteiger partial charge in [0.25, 0.3) is 0 Å². The van der Waals surface area contributed by atoms with Crippen LogP contribution in [0.25, 0.3) is 11.4 Å². The molecule has 0 aliphatic carbocycles. The van der Waals surface area contributed by atoms with Crippen LogP contribution in [0.15, 0.2) is 60.9 Å². The highest BCUT2D eigenvalue weighted by atomic mass is 16.5. The molecule has 5 nitrogen and oxygen atoms in total. The van der Waals surface area contributed by atoms with E-state index in [1.165, 1.54) is 0 Å². The van der Waals surface area contributed by atoms with Crippen LogP contribution >= 0.6 is 0 Å². The van der Waals surface area contributed by atoms with Crippen molar-refractivity contribution in [2.24, 2.45) is 0 Å². The summed E-state index contributed by atoms with van der Waals surface area (Å²) < 4.78 is 5.65. The molecule has 3 rings (SSSR count). The summed E-state index contributed by atoms with van der Waals surface area (Å²) in [6.07, 6.45) is 3.31. The largest absolute Gasteiger partial charge is 0.488 e. The minimum atomic E-state index is -1.03. The fraction of sp³-hybridized carbons (Fsp3) is 0.0588. The Morgan fingerprint density at radius 2 is 2.00 bits per heavy atom. The van der Waals surface area contributed by atoms with Gasteiger partial charge in [-0.05, 0) is 23.8 Å². The average Bonchev–Trinajstić information content (AvgIpc) is 3.08. The van der Waals surface area contributed by atoms with Crippen molar-refractivity contribution in [1.82, 2.24) is 9.97 Å². The Labute approximate surface area is 127 Å². The van der Waals surface area contributed by atoms with Gasteiger partial charge in [-0.25, -0.2) is 9.78 Å². The average molecular weight is 294 g/mol. The fourth-order valence-electron chi connectivity index (χ4n) is 2.13. The number of carbonyl (C=O) groups is 1. The maximum atomic E-state index is 11.4. The van der Waals surface area contributed by atoms with Crippen LogP contribution in [0.4, 0.5) is 0 Å². The van der Waals surface area contributed by atoms with Gasteiger partial charge in [0, 0.05) is 18.0 Å². The van der Waals surface area contributed by atoms with E-state index in [2.05, 4.69) is 9.97 Å². The Kier molecular flexibility index (Phi) is 3.87. The van der Waals surface area contributed by atoms with Gasteiger partial charge >= 0.3 is 5.97 Å². The molecule has 0 spiro atoms. The number of aromatic carboxylic acids is 1. The summed E-state index contributed by atoms with van der Waals surface area (Å²) in [7, 11) is 0. The van der Waals surface area contributed by atoms with Crippen LogP contribution in [0.3, 0.4) is 0 Å². The molecule has 0 saturated carbocycles. The Balaban J connectivity index is 1.86. The fourth-order valence-corrected chi connectivity index (χ4v) is 2.13. The number of nitrogens with one attached hydrogen (secondary N) is 1. The lowest BCUT2D eigenvalue weighted by molar-refractivity contribution is 0.0692. The van der Waals surface area contributed by atoms with Crippen molar-refractivity contribution in [3.05, 3.63) is 72.1 Å². The highest BCUT2D eigenvalue weighted by molar-refractivity contribution is 5.92. The summed E-state index contributed by atoms with van der Waals surface area (Å²) >= 11 is 0. The highest BCUT2D eigenvalue weighted by Crippen LogP contribution is 2.25. The molecule has 2 N–H and O–H groups in total. The van der Waals surface area contributed by atoms with Crippen LogP contribution in [0.2, 0.25) is 0 Å². The van der Waals surface area contributed by atoms with E-state index in [9.17, 15) is 9.90 Å². The van der Waals surface area contributed by atoms with Gasteiger partial charge in [0.15, 0.2) is 0 Å². The Bertz CT molecular complexity index is 768. The molecule has 0 unspecified atom stereocenters. The number of nitrogens with zero attached hydrogens (tertiary/aromatic N) is 1. The van der Waals surface area contributed by atoms with Crippen LogP contribution in [0, 0.1) is 0 Å². The van der Waals surface area contributed by atoms with Gasteiger partial charge in [-0.1, -0.05) is 30.3 Å².